The summed E-state index contributed by atoms with van der Waals surface area (Å²) in [7, 11) is 0. The Kier molecular flexibility index (Phi) is 3.98. The summed E-state index contributed by atoms with van der Waals surface area (Å²) in [5, 5.41) is 18.2. The molecule has 1 aromatic rings. The Labute approximate surface area is 96.8 Å². The molecule has 0 saturated carbocycles. The summed E-state index contributed by atoms with van der Waals surface area (Å²) in [6, 6.07) is 0.977. The van der Waals surface area contributed by atoms with Crippen molar-refractivity contribution in [1.82, 2.24) is 4.98 Å². The summed E-state index contributed by atoms with van der Waals surface area (Å²) >= 11 is 2.95. The molecule has 0 aromatic carbocycles. The van der Waals surface area contributed by atoms with Gasteiger partial charge in [-0.2, -0.15) is 0 Å². The minimum Gasteiger partial charge on any atom is -0.506 e. The zero-order valence-corrected chi connectivity index (χ0v) is 9.34. The molecule has 0 amide bonds. The molecule has 90 valence electrons. The normalized spacial score (nSPS) is 11.6. The van der Waals surface area contributed by atoms with E-state index >= 15 is 0 Å². The van der Waals surface area contributed by atoms with Gasteiger partial charge >= 0.3 is 6.36 Å². The second-order valence-corrected chi connectivity index (χ2v) is 3.32. The third kappa shape index (κ3) is 3.24. The van der Waals surface area contributed by atoms with Crippen LogP contribution in [0.2, 0.25) is 0 Å². The summed E-state index contributed by atoms with van der Waals surface area (Å²) in [6.07, 6.45) is -4.89. The molecule has 0 radical (unpaired) electrons. The molecule has 16 heavy (non-hydrogen) atoms. The number of pyridine rings is 1. The van der Waals surface area contributed by atoms with E-state index in [2.05, 4.69) is 25.7 Å². The minimum atomic E-state index is -4.89. The predicted molar refractivity (Wildman–Crippen MR) is 51.1 cm³/mol. The molecule has 1 aromatic heterocycles. The van der Waals surface area contributed by atoms with E-state index in [0.29, 0.717) is 0 Å². The zero-order valence-electron chi connectivity index (χ0n) is 7.75. The van der Waals surface area contributed by atoms with E-state index in [1.54, 1.807) is 0 Å². The molecule has 0 aliphatic carbocycles. The fraction of sp³-hybridized carbons (Fsp3) is 0.375. The van der Waals surface area contributed by atoms with E-state index in [-0.39, 0.29) is 22.3 Å². The van der Waals surface area contributed by atoms with Crippen LogP contribution in [0.1, 0.15) is 11.3 Å². The highest BCUT2D eigenvalue weighted by atomic mass is 79.9. The summed E-state index contributed by atoms with van der Waals surface area (Å²) in [5.41, 5.74) is -0.240. The number of halogens is 4. The van der Waals surface area contributed by atoms with Gasteiger partial charge in [-0.05, 0) is 6.07 Å². The summed E-state index contributed by atoms with van der Waals surface area (Å²) in [6.45, 7) is -0.714. The monoisotopic (exact) mass is 301 g/mol. The van der Waals surface area contributed by atoms with Crippen molar-refractivity contribution in [3.63, 3.8) is 0 Å². The second-order valence-electron chi connectivity index (χ2n) is 2.76. The first-order chi connectivity index (χ1) is 7.37. The van der Waals surface area contributed by atoms with Crippen LogP contribution >= 0.6 is 15.9 Å². The first kappa shape index (κ1) is 13.0. The van der Waals surface area contributed by atoms with Gasteiger partial charge in [0.2, 0.25) is 5.88 Å². The molecule has 4 nitrogen and oxygen atoms in total. The van der Waals surface area contributed by atoms with Gasteiger partial charge < -0.3 is 14.9 Å². The van der Waals surface area contributed by atoms with Crippen LogP contribution in [0.3, 0.4) is 0 Å². The van der Waals surface area contributed by atoms with Gasteiger partial charge in [0.1, 0.15) is 5.75 Å². The SMILES string of the molecule is OCc1cc(O)c(CBr)nc1OC(F)(F)F. The molecule has 0 aliphatic rings. The Morgan fingerprint density at radius 3 is 2.50 bits per heavy atom. The summed E-state index contributed by atoms with van der Waals surface area (Å²) < 4.78 is 39.5. The molecular formula is C8H7BrF3NO3. The van der Waals surface area contributed by atoms with Crippen molar-refractivity contribution in [3.05, 3.63) is 17.3 Å². The molecule has 1 rings (SSSR count). The van der Waals surface area contributed by atoms with Crippen molar-refractivity contribution in [3.8, 4) is 11.6 Å². The number of aromatic hydroxyl groups is 1. The lowest BCUT2D eigenvalue weighted by atomic mass is 10.2. The highest BCUT2D eigenvalue weighted by molar-refractivity contribution is 9.08. The number of alkyl halides is 4. The van der Waals surface area contributed by atoms with Crippen molar-refractivity contribution in [2.24, 2.45) is 0 Å². The van der Waals surface area contributed by atoms with Gasteiger partial charge in [-0.1, -0.05) is 15.9 Å². The summed E-state index contributed by atoms with van der Waals surface area (Å²) in [4.78, 5) is 3.45. The zero-order chi connectivity index (χ0) is 12.3. The average molecular weight is 302 g/mol. The van der Waals surface area contributed by atoms with E-state index in [0.717, 1.165) is 6.07 Å². The van der Waals surface area contributed by atoms with Crippen LogP contribution in [-0.2, 0) is 11.9 Å². The summed E-state index contributed by atoms with van der Waals surface area (Å²) in [5.74, 6) is -1.07. The molecule has 0 atom stereocenters. The number of ether oxygens (including phenoxy) is 1. The van der Waals surface area contributed by atoms with Crippen LogP contribution in [0.15, 0.2) is 6.07 Å². The molecule has 0 bridgehead atoms. The van der Waals surface area contributed by atoms with Crippen LogP contribution in [0.4, 0.5) is 13.2 Å². The fourth-order valence-corrected chi connectivity index (χ4v) is 1.38. The van der Waals surface area contributed by atoms with E-state index in [4.69, 9.17) is 5.11 Å². The van der Waals surface area contributed by atoms with Gasteiger partial charge in [0.15, 0.2) is 0 Å². The average Bonchev–Trinajstić information content (AvgIpc) is 2.18. The molecule has 8 heteroatoms. The standard InChI is InChI=1S/C8H7BrF3NO3/c9-2-5-6(15)1-4(3-14)7(13-5)16-8(10,11)12/h1,14-15H,2-3H2. The van der Waals surface area contributed by atoms with Crippen molar-refractivity contribution < 1.29 is 28.1 Å². The maximum atomic E-state index is 12.0. The molecule has 2 N–H and O–H groups in total. The molecule has 0 saturated heterocycles. The lowest BCUT2D eigenvalue weighted by Gasteiger charge is -2.12. The quantitative estimate of drug-likeness (QED) is 0.839. The highest BCUT2D eigenvalue weighted by Gasteiger charge is 2.33. The van der Waals surface area contributed by atoms with Crippen molar-refractivity contribution in [2.45, 2.75) is 18.3 Å². The van der Waals surface area contributed by atoms with E-state index in [1.165, 1.54) is 0 Å². The first-order valence-electron chi connectivity index (χ1n) is 4.01. The first-order valence-corrected chi connectivity index (χ1v) is 5.14. The van der Waals surface area contributed by atoms with Crippen LogP contribution in [-0.4, -0.2) is 21.6 Å². The number of hydrogen-bond acceptors (Lipinski definition) is 4. The number of hydrogen-bond donors (Lipinski definition) is 2. The smallest absolute Gasteiger partial charge is 0.506 e. The number of rotatable bonds is 3. The fourth-order valence-electron chi connectivity index (χ4n) is 0.971. The number of nitrogens with zero attached hydrogens (tertiary/aromatic N) is 1. The van der Waals surface area contributed by atoms with Gasteiger partial charge in [0.25, 0.3) is 0 Å². The van der Waals surface area contributed by atoms with Gasteiger partial charge in [0.05, 0.1) is 12.3 Å². The Balaban J connectivity index is 3.15. The Hall–Kier alpha value is -1.02. The number of aliphatic hydroxyl groups excluding tert-OH is 1. The third-order valence-electron chi connectivity index (χ3n) is 1.63. The number of aromatic nitrogens is 1. The van der Waals surface area contributed by atoms with E-state index in [9.17, 15) is 18.3 Å². The van der Waals surface area contributed by atoms with Gasteiger partial charge in [0, 0.05) is 10.9 Å². The molecule has 0 aliphatic heterocycles. The Morgan fingerprint density at radius 2 is 2.06 bits per heavy atom. The molecular weight excluding hydrogens is 295 g/mol. The van der Waals surface area contributed by atoms with E-state index < -0.39 is 18.8 Å². The van der Waals surface area contributed by atoms with Crippen LogP contribution in [0, 0.1) is 0 Å². The van der Waals surface area contributed by atoms with Crippen LogP contribution < -0.4 is 4.74 Å². The Morgan fingerprint density at radius 1 is 1.44 bits per heavy atom. The largest absolute Gasteiger partial charge is 0.574 e. The molecule has 0 unspecified atom stereocenters. The van der Waals surface area contributed by atoms with Crippen molar-refractivity contribution in [1.29, 1.82) is 0 Å². The highest BCUT2D eigenvalue weighted by Crippen LogP contribution is 2.29. The van der Waals surface area contributed by atoms with Crippen LogP contribution in [0.25, 0.3) is 0 Å². The maximum Gasteiger partial charge on any atom is 0.574 e. The third-order valence-corrected chi connectivity index (χ3v) is 2.16. The number of aliphatic hydroxyl groups is 1. The Bertz CT molecular complexity index is 384. The molecule has 1 heterocycles. The van der Waals surface area contributed by atoms with Gasteiger partial charge in [-0.3, -0.25) is 0 Å². The lowest BCUT2D eigenvalue weighted by Crippen LogP contribution is -2.19. The second kappa shape index (κ2) is 4.88. The minimum absolute atomic E-state index is 0.00329. The van der Waals surface area contributed by atoms with Gasteiger partial charge in [-0.15, -0.1) is 13.2 Å². The maximum absolute atomic E-state index is 12.0. The van der Waals surface area contributed by atoms with Crippen molar-refractivity contribution in [2.75, 3.05) is 0 Å². The predicted octanol–water partition coefficient (Wildman–Crippen LogP) is 2.07. The van der Waals surface area contributed by atoms with Gasteiger partial charge in [-0.25, -0.2) is 4.98 Å². The lowest BCUT2D eigenvalue weighted by molar-refractivity contribution is -0.276. The molecule has 0 fully saturated rings. The van der Waals surface area contributed by atoms with Crippen molar-refractivity contribution >= 4 is 15.9 Å². The topological polar surface area (TPSA) is 62.6 Å². The van der Waals surface area contributed by atoms with E-state index in [1.807, 2.05) is 0 Å². The van der Waals surface area contributed by atoms with Crippen LogP contribution in [0.5, 0.6) is 11.6 Å². The molecule has 0 spiro atoms.